The Morgan fingerprint density at radius 1 is 1.32 bits per heavy atom. The summed E-state index contributed by atoms with van der Waals surface area (Å²) in [5.74, 6) is -0.212. The summed E-state index contributed by atoms with van der Waals surface area (Å²) in [5.41, 5.74) is 0.248. The van der Waals surface area contributed by atoms with E-state index in [0.717, 1.165) is 31.6 Å². The van der Waals surface area contributed by atoms with Crippen molar-refractivity contribution in [3.8, 4) is 0 Å². The molecular formula is C20H27ClN4O3. The maximum absolute atomic E-state index is 13.0. The van der Waals surface area contributed by atoms with Crippen LogP contribution in [0.2, 0.25) is 5.02 Å². The van der Waals surface area contributed by atoms with Crippen LogP contribution in [0.5, 0.6) is 0 Å². The molecule has 2 amide bonds. The van der Waals surface area contributed by atoms with Crippen LogP contribution >= 0.6 is 11.6 Å². The van der Waals surface area contributed by atoms with E-state index >= 15 is 0 Å². The highest BCUT2D eigenvalue weighted by Crippen LogP contribution is 2.45. The second-order valence-electron chi connectivity index (χ2n) is 8.16. The van der Waals surface area contributed by atoms with E-state index in [1.165, 1.54) is 0 Å². The van der Waals surface area contributed by atoms with Gasteiger partial charge in [-0.05, 0) is 43.4 Å². The standard InChI is InChI=1S/C20H27ClN4O3/c1-13(12-20(14-5-6-14)18(27)22-19(28)23-20)17(26)25-9-7-24(8-10-25)16-4-2-3-15(21)11-16/h2-4,11,13-14,19,23,28H,5-10,12H2,1H3,(H,22,27). The molecule has 152 valence electrons. The summed E-state index contributed by atoms with van der Waals surface area (Å²) in [4.78, 5) is 29.6. The van der Waals surface area contributed by atoms with Gasteiger partial charge in [0, 0.05) is 42.8 Å². The first-order chi connectivity index (χ1) is 13.4. The normalized spacial score (nSPS) is 29.0. The van der Waals surface area contributed by atoms with E-state index < -0.39 is 11.9 Å². The Morgan fingerprint density at radius 2 is 2.04 bits per heavy atom. The second-order valence-corrected chi connectivity index (χ2v) is 8.60. The van der Waals surface area contributed by atoms with Crippen molar-refractivity contribution >= 4 is 29.1 Å². The van der Waals surface area contributed by atoms with Crippen LogP contribution in [-0.2, 0) is 9.59 Å². The fourth-order valence-electron chi connectivity index (χ4n) is 4.54. The van der Waals surface area contributed by atoms with Crippen LogP contribution in [-0.4, -0.2) is 59.9 Å². The van der Waals surface area contributed by atoms with Crippen molar-refractivity contribution in [3.05, 3.63) is 29.3 Å². The lowest BCUT2D eigenvalue weighted by Gasteiger charge is -2.38. The molecule has 1 aliphatic carbocycles. The highest BCUT2D eigenvalue weighted by molar-refractivity contribution is 6.30. The third-order valence-electron chi connectivity index (χ3n) is 6.16. The number of nitrogens with zero attached hydrogens (tertiary/aromatic N) is 2. The Morgan fingerprint density at radius 3 is 2.61 bits per heavy atom. The molecule has 0 bridgehead atoms. The molecule has 2 saturated heterocycles. The lowest BCUT2D eigenvalue weighted by Crippen LogP contribution is -2.54. The van der Waals surface area contributed by atoms with E-state index in [0.29, 0.717) is 24.5 Å². The van der Waals surface area contributed by atoms with Gasteiger partial charge in [-0.2, -0.15) is 0 Å². The number of nitrogens with one attached hydrogen (secondary N) is 2. The number of carbonyl (C=O) groups excluding carboxylic acids is 2. The van der Waals surface area contributed by atoms with Crippen LogP contribution < -0.4 is 15.5 Å². The first-order valence-electron chi connectivity index (χ1n) is 9.95. The molecule has 2 aliphatic heterocycles. The van der Waals surface area contributed by atoms with Gasteiger partial charge in [0.1, 0.15) is 5.54 Å². The third-order valence-corrected chi connectivity index (χ3v) is 6.39. The summed E-state index contributed by atoms with van der Waals surface area (Å²) in [6.07, 6.45) is 1.28. The Hall–Kier alpha value is -1.83. The number of piperazine rings is 1. The number of hydrogen-bond acceptors (Lipinski definition) is 5. The molecule has 3 unspecified atom stereocenters. The predicted octanol–water partition coefficient (Wildman–Crippen LogP) is 1.16. The van der Waals surface area contributed by atoms with Gasteiger partial charge >= 0.3 is 0 Å². The minimum absolute atomic E-state index is 0.0711. The third kappa shape index (κ3) is 3.71. The summed E-state index contributed by atoms with van der Waals surface area (Å²) < 4.78 is 0. The first-order valence-corrected chi connectivity index (χ1v) is 10.3. The van der Waals surface area contributed by atoms with Crippen LogP contribution in [0.1, 0.15) is 26.2 Å². The maximum atomic E-state index is 13.0. The number of hydrogen-bond donors (Lipinski definition) is 3. The number of anilines is 1. The van der Waals surface area contributed by atoms with Crippen LogP contribution in [0.15, 0.2) is 24.3 Å². The van der Waals surface area contributed by atoms with Crippen molar-refractivity contribution in [2.24, 2.45) is 11.8 Å². The van der Waals surface area contributed by atoms with E-state index in [4.69, 9.17) is 11.6 Å². The van der Waals surface area contributed by atoms with Gasteiger partial charge in [0.15, 0.2) is 6.35 Å². The fraction of sp³-hybridized carbons (Fsp3) is 0.600. The summed E-state index contributed by atoms with van der Waals surface area (Å²) >= 11 is 6.08. The second kappa shape index (κ2) is 7.54. The van der Waals surface area contributed by atoms with Crippen LogP contribution in [0.25, 0.3) is 0 Å². The molecule has 3 aliphatic rings. The van der Waals surface area contributed by atoms with Crippen molar-refractivity contribution in [3.63, 3.8) is 0 Å². The van der Waals surface area contributed by atoms with Gasteiger partial charge in [0.05, 0.1) is 0 Å². The monoisotopic (exact) mass is 406 g/mol. The van der Waals surface area contributed by atoms with Crippen LogP contribution in [0.4, 0.5) is 5.69 Å². The lowest BCUT2D eigenvalue weighted by molar-refractivity contribution is -0.137. The SMILES string of the molecule is CC(CC1(C2CC2)NC(O)NC1=O)C(=O)N1CCN(c2cccc(Cl)c2)CC1. The van der Waals surface area contributed by atoms with Crippen molar-refractivity contribution < 1.29 is 14.7 Å². The number of aliphatic hydroxyl groups excluding tert-OH is 1. The zero-order chi connectivity index (χ0) is 19.9. The summed E-state index contributed by atoms with van der Waals surface area (Å²) in [5, 5.41) is 16.1. The zero-order valence-electron chi connectivity index (χ0n) is 16.0. The number of carbonyl (C=O) groups is 2. The smallest absolute Gasteiger partial charge is 0.243 e. The number of halogens is 1. The molecule has 3 atom stereocenters. The molecule has 4 rings (SSSR count). The number of aliphatic hydroxyl groups is 1. The molecule has 0 radical (unpaired) electrons. The molecule has 1 saturated carbocycles. The Kier molecular flexibility index (Phi) is 5.24. The molecule has 3 N–H and O–H groups in total. The van der Waals surface area contributed by atoms with Gasteiger partial charge in [0.25, 0.3) is 0 Å². The topological polar surface area (TPSA) is 84.9 Å². The van der Waals surface area contributed by atoms with Crippen LogP contribution in [0, 0.1) is 11.8 Å². The molecule has 1 aromatic carbocycles. The van der Waals surface area contributed by atoms with Gasteiger partial charge in [-0.25, -0.2) is 0 Å². The lowest BCUT2D eigenvalue weighted by atomic mass is 9.83. The van der Waals surface area contributed by atoms with E-state index in [9.17, 15) is 14.7 Å². The molecule has 0 spiro atoms. The molecule has 3 fully saturated rings. The molecule has 1 aromatic rings. The minimum atomic E-state index is -1.03. The van der Waals surface area contributed by atoms with Crippen molar-refractivity contribution in [1.82, 2.24) is 15.5 Å². The largest absolute Gasteiger partial charge is 0.368 e. The molecular weight excluding hydrogens is 380 g/mol. The number of rotatable bonds is 5. The summed E-state index contributed by atoms with van der Waals surface area (Å²) in [6.45, 7) is 4.69. The van der Waals surface area contributed by atoms with Gasteiger partial charge < -0.3 is 20.2 Å². The van der Waals surface area contributed by atoms with Gasteiger partial charge in [-0.1, -0.05) is 24.6 Å². The average molecular weight is 407 g/mol. The van der Waals surface area contributed by atoms with E-state index in [1.807, 2.05) is 36.1 Å². The fourth-order valence-corrected chi connectivity index (χ4v) is 4.72. The van der Waals surface area contributed by atoms with Crippen molar-refractivity contribution in [2.45, 2.75) is 38.1 Å². The maximum Gasteiger partial charge on any atom is 0.243 e. The first kappa shape index (κ1) is 19.5. The molecule has 7 nitrogen and oxygen atoms in total. The van der Waals surface area contributed by atoms with Gasteiger partial charge in [-0.3, -0.25) is 14.9 Å². The molecule has 0 aromatic heterocycles. The summed E-state index contributed by atoms with van der Waals surface area (Å²) in [7, 11) is 0. The quantitative estimate of drug-likeness (QED) is 0.683. The van der Waals surface area contributed by atoms with E-state index in [-0.39, 0.29) is 23.7 Å². The Bertz CT molecular complexity index is 764. The number of amides is 2. The van der Waals surface area contributed by atoms with Crippen molar-refractivity contribution in [1.29, 1.82) is 0 Å². The van der Waals surface area contributed by atoms with E-state index in [1.54, 1.807) is 0 Å². The van der Waals surface area contributed by atoms with Gasteiger partial charge in [0.2, 0.25) is 11.8 Å². The van der Waals surface area contributed by atoms with Crippen molar-refractivity contribution in [2.75, 3.05) is 31.1 Å². The Balaban J connectivity index is 1.36. The van der Waals surface area contributed by atoms with Gasteiger partial charge in [-0.15, -0.1) is 0 Å². The Labute approximate surface area is 170 Å². The summed E-state index contributed by atoms with van der Waals surface area (Å²) in [6, 6.07) is 7.76. The highest BCUT2D eigenvalue weighted by Gasteiger charge is 2.56. The number of benzene rings is 1. The predicted molar refractivity (Wildman–Crippen MR) is 107 cm³/mol. The molecule has 2 heterocycles. The molecule has 28 heavy (non-hydrogen) atoms. The average Bonchev–Trinajstić information content (AvgIpc) is 3.48. The van der Waals surface area contributed by atoms with Crippen LogP contribution in [0.3, 0.4) is 0 Å². The molecule has 8 heteroatoms. The minimum Gasteiger partial charge on any atom is -0.368 e. The van der Waals surface area contributed by atoms with E-state index in [2.05, 4.69) is 15.5 Å². The zero-order valence-corrected chi connectivity index (χ0v) is 16.8. The highest BCUT2D eigenvalue weighted by atomic mass is 35.5.